The Labute approximate surface area is 146 Å². The number of phosphoric ester groups is 1. The molecular formula is C12H16N5O8P. The monoisotopic (exact) mass is 389 g/mol. The number of esters is 1. The topological polar surface area (TPSA) is 192 Å². The molecule has 4 atom stereocenters. The number of nitrogens with two attached hydrogens (primary N) is 1. The molecule has 0 amide bonds. The standard InChI is InChI=1S/C12H16N5O8P/c1-5(18)24-9-8(19)6(2-23-26(20,21)22)25-12(9)17-4-16-7-10(13)14-3-15-11(7)17/h3-4,6,8-9,12,19H,2H2,1H3,(H2,13,14,15)(H2,20,21,22)/t6-,8?,9+,12-/m1/s1. The van der Waals surface area contributed by atoms with Gasteiger partial charge in [-0.15, -0.1) is 0 Å². The molecule has 13 nitrogen and oxygen atoms in total. The molecule has 5 N–H and O–H groups in total. The number of fused-ring (bicyclic) bond motifs is 1. The Balaban J connectivity index is 1.93. The van der Waals surface area contributed by atoms with Crippen molar-refractivity contribution in [1.29, 1.82) is 0 Å². The van der Waals surface area contributed by atoms with Crippen LogP contribution in [0.25, 0.3) is 11.2 Å². The zero-order chi connectivity index (χ0) is 19.1. The summed E-state index contributed by atoms with van der Waals surface area (Å²) < 4.78 is 27.4. The molecule has 1 aliphatic rings. The van der Waals surface area contributed by atoms with E-state index in [1.165, 1.54) is 17.2 Å². The van der Waals surface area contributed by atoms with Gasteiger partial charge in [-0.25, -0.2) is 19.5 Å². The number of aromatic nitrogens is 4. The minimum atomic E-state index is -4.77. The van der Waals surface area contributed by atoms with E-state index in [0.29, 0.717) is 0 Å². The van der Waals surface area contributed by atoms with Crippen LogP contribution in [0.2, 0.25) is 0 Å². The molecule has 0 bridgehead atoms. The molecule has 1 unspecified atom stereocenters. The van der Waals surface area contributed by atoms with Gasteiger partial charge in [0.1, 0.15) is 24.1 Å². The first-order valence-electron chi connectivity index (χ1n) is 7.31. The molecule has 26 heavy (non-hydrogen) atoms. The fraction of sp³-hybridized carbons (Fsp3) is 0.500. The fourth-order valence-corrected chi connectivity index (χ4v) is 2.97. The molecule has 0 saturated carbocycles. The van der Waals surface area contributed by atoms with Crippen LogP contribution in [0.4, 0.5) is 5.82 Å². The number of hydrogen-bond acceptors (Lipinski definition) is 10. The number of anilines is 1. The average Bonchev–Trinajstić information content (AvgIpc) is 3.08. The predicted octanol–water partition coefficient (Wildman–Crippen LogP) is -1.29. The number of carbonyl (C=O) groups excluding carboxylic acids is 1. The molecule has 142 valence electrons. The molecule has 3 rings (SSSR count). The Hall–Kier alpha value is -2.15. The zero-order valence-electron chi connectivity index (χ0n) is 13.4. The number of hydrogen-bond donors (Lipinski definition) is 4. The van der Waals surface area contributed by atoms with Crippen LogP contribution in [0.3, 0.4) is 0 Å². The van der Waals surface area contributed by atoms with Crippen molar-refractivity contribution in [1.82, 2.24) is 19.5 Å². The van der Waals surface area contributed by atoms with Crippen molar-refractivity contribution in [2.45, 2.75) is 31.5 Å². The fourth-order valence-electron chi connectivity index (χ4n) is 2.63. The van der Waals surface area contributed by atoms with E-state index in [0.717, 1.165) is 6.92 Å². The van der Waals surface area contributed by atoms with Crippen molar-refractivity contribution in [2.24, 2.45) is 0 Å². The van der Waals surface area contributed by atoms with E-state index >= 15 is 0 Å². The molecule has 2 aromatic rings. The number of ether oxygens (including phenoxy) is 2. The lowest BCUT2D eigenvalue weighted by Gasteiger charge is -2.21. The van der Waals surface area contributed by atoms with Crippen molar-refractivity contribution in [3.8, 4) is 0 Å². The van der Waals surface area contributed by atoms with Crippen LogP contribution < -0.4 is 5.73 Å². The van der Waals surface area contributed by atoms with Gasteiger partial charge in [0.05, 0.1) is 12.9 Å². The van der Waals surface area contributed by atoms with Crippen LogP contribution in [-0.2, 0) is 23.4 Å². The molecule has 0 radical (unpaired) electrons. The summed E-state index contributed by atoms with van der Waals surface area (Å²) in [6.07, 6.45) is -2.32. The Morgan fingerprint density at radius 3 is 2.81 bits per heavy atom. The molecule has 0 aliphatic carbocycles. The van der Waals surface area contributed by atoms with E-state index in [9.17, 15) is 14.5 Å². The molecule has 1 aliphatic heterocycles. The number of aliphatic hydroxyl groups is 1. The summed E-state index contributed by atoms with van der Waals surface area (Å²) >= 11 is 0. The van der Waals surface area contributed by atoms with Crippen molar-refractivity contribution < 1.29 is 38.3 Å². The maximum Gasteiger partial charge on any atom is 0.469 e. The third kappa shape index (κ3) is 3.67. The average molecular weight is 389 g/mol. The number of carbonyl (C=O) groups is 1. The second-order valence-corrected chi connectivity index (χ2v) is 6.74. The van der Waals surface area contributed by atoms with Gasteiger partial charge in [0.15, 0.2) is 23.8 Å². The lowest BCUT2D eigenvalue weighted by Crippen LogP contribution is -2.36. The summed E-state index contributed by atoms with van der Waals surface area (Å²) in [6, 6.07) is 0. The highest BCUT2D eigenvalue weighted by atomic mass is 31.2. The second-order valence-electron chi connectivity index (χ2n) is 5.50. The SMILES string of the molecule is CC(=O)O[C@H]1C(O)[C@@H](COP(=O)(O)O)O[C@H]1n1cnc2c(N)ncnc21. The highest BCUT2D eigenvalue weighted by molar-refractivity contribution is 7.46. The van der Waals surface area contributed by atoms with Gasteiger partial charge in [0, 0.05) is 6.92 Å². The first-order chi connectivity index (χ1) is 12.2. The largest absolute Gasteiger partial charge is 0.469 e. The van der Waals surface area contributed by atoms with E-state index in [-0.39, 0.29) is 17.0 Å². The van der Waals surface area contributed by atoms with Gasteiger partial charge in [0.25, 0.3) is 0 Å². The molecule has 1 fully saturated rings. The number of imidazole rings is 1. The Morgan fingerprint density at radius 2 is 2.15 bits per heavy atom. The number of nitrogen functional groups attached to an aromatic ring is 1. The Bertz CT molecular complexity index is 868. The van der Waals surface area contributed by atoms with Gasteiger partial charge >= 0.3 is 13.8 Å². The van der Waals surface area contributed by atoms with Crippen molar-refractivity contribution >= 4 is 30.8 Å². The zero-order valence-corrected chi connectivity index (χ0v) is 14.3. The summed E-state index contributed by atoms with van der Waals surface area (Å²) in [7, 11) is -4.77. The number of nitrogens with zero attached hydrogens (tertiary/aromatic N) is 4. The molecule has 0 spiro atoms. The quantitative estimate of drug-likeness (QED) is 0.350. The smallest absolute Gasteiger partial charge is 0.455 e. The molecule has 0 aromatic carbocycles. The van der Waals surface area contributed by atoms with E-state index in [1.54, 1.807) is 0 Å². The predicted molar refractivity (Wildman–Crippen MR) is 83.2 cm³/mol. The van der Waals surface area contributed by atoms with Gasteiger partial charge < -0.3 is 30.1 Å². The number of rotatable bonds is 5. The van der Waals surface area contributed by atoms with Gasteiger partial charge in [-0.05, 0) is 0 Å². The number of aliphatic hydroxyl groups excluding tert-OH is 1. The summed E-state index contributed by atoms with van der Waals surface area (Å²) in [5.74, 6) is -0.560. The summed E-state index contributed by atoms with van der Waals surface area (Å²) in [4.78, 5) is 40.9. The highest BCUT2D eigenvalue weighted by Crippen LogP contribution is 2.39. The van der Waals surface area contributed by atoms with Crippen molar-refractivity contribution in [3.63, 3.8) is 0 Å². The van der Waals surface area contributed by atoms with Crippen LogP contribution >= 0.6 is 7.82 Å². The van der Waals surface area contributed by atoms with E-state index in [1.807, 2.05) is 0 Å². The first kappa shape index (κ1) is 18.6. The highest BCUT2D eigenvalue weighted by Gasteiger charge is 2.48. The molecular weight excluding hydrogens is 373 g/mol. The molecule has 14 heteroatoms. The minimum absolute atomic E-state index is 0.123. The normalized spacial score (nSPS) is 26.3. The van der Waals surface area contributed by atoms with Gasteiger partial charge in [0.2, 0.25) is 0 Å². The van der Waals surface area contributed by atoms with Gasteiger partial charge in [-0.2, -0.15) is 0 Å². The van der Waals surface area contributed by atoms with E-state index in [2.05, 4.69) is 19.5 Å². The van der Waals surface area contributed by atoms with Crippen LogP contribution in [0.5, 0.6) is 0 Å². The second kappa shape index (κ2) is 6.87. The first-order valence-corrected chi connectivity index (χ1v) is 8.84. The summed E-state index contributed by atoms with van der Waals surface area (Å²) in [6.45, 7) is 0.527. The van der Waals surface area contributed by atoms with E-state index in [4.69, 9.17) is 25.0 Å². The molecule has 3 heterocycles. The third-order valence-electron chi connectivity index (χ3n) is 3.68. The van der Waals surface area contributed by atoms with Crippen LogP contribution in [0.1, 0.15) is 13.2 Å². The third-order valence-corrected chi connectivity index (χ3v) is 4.17. The van der Waals surface area contributed by atoms with Crippen LogP contribution in [-0.4, -0.2) is 65.3 Å². The lowest BCUT2D eigenvalue weighted by atomic mass is 10.1. The van der Waals surface area contributed by atoms with Crippen LogP contribution in [0.15, 0.2) is 12.7 Å². The Kier molecular flexibility index (Phi) is 4.92. The van der Waals surface area contributed by atoms with E-state index < -0.39 is 44.9 Å². The summed E-state index contributed by atoms with van der Waals surface area (Å²) in [5, 5.41) is 10.4. The van der Waals surface area contributed by atoms with Crippen molar-refractivity contribution in [2.75, 3.05) is 12.3 Å². The minimum Gasteiger partial charge on any atom is -0.455 e. The lowest BCUT2D eigenvalue weighted by molar-refractivity contribution is -0.155. The van der Waals surface area contributed by atoms with Crippen molar-refractivity contribution in [3.05, 3.63) is 12.7 Å². The maximum absolute atomic E-state index is 11.4. The van der Waals surface area contributed by atoms with Gasteiger partial charge in [-0.3, -0.25) is 13.9 Å². The molecule has 2 aromatic heterocycles. The van der Waals surface area contributed by atoms with Gasteiger partial charge in [-0.1, -0.05) is 0 Å². The maximum atomic E-state index is 11.4. The number of phosphoric acid groups is 1. The summed E-state index contributed by atoms with van der Waals surface area (Å²) in [5.41, 5.74) is 6.27. The Morgan fingerprint density at radius 1 is 1.42 bits per heavy atom. The van der Waals surface area contributed by atoms with Crippen LogP contribution in [0, 0.1) is 0 Å². The molecule has 1 saturated heterocycles.